The first-order valence-corrected chi connectivity index (χ1v) is 4.86. The molecule has 2 unspecified atom stereocenters. The van der Waals surface area contributed by atoms with Gasteiger partial charge in [-0.25, -0.2) is 0 Å². The van der Waals surface area contributed by atoms with Crippen molar-refractivity contribution in [3.63, 3.8) is 0 Å². The third-order valence-corrected chi connectivity index (χ3v) is 3.02. The third-order valence-electron chi connectivity index (χ3n) is 3.02. The number of ether oxygens (including phenoxy) is 1. The lowest BCUT2D eigenvalue weighted by atomic mass is 9.90. The lowest BCUT2D eigenvalue weighted by Crippen LogP contribution is -2.33. The minimum absolute atomic E-state index is 0.00657. The predicted octanol–water partition coefficient (Wildman–Crippen LogP) is 1.93. The van der Waals surface area contributed by atoms with Gasteiger partial charge in [0.15, 0.2) is 0 Å². The van der Waals surface area contributed by atoms with Crippen molar-refractivity contribution in [2.75, 3.05) is 7.11 Å². The molecular weight excluding hydrogens is 150 g/mol. The maximum Gasteiger partial charge on any atom is 0.0626 e. The standard InChI is InChI=1S/C10H21NO/c1-10(2,12-3)7-8-5-4-6-9(8)11/h8-9H,4-7,11H2,1-3H3. The highest BCUT2D eigenvalue weighted by Crippen LogP contribution is 2.32. The van der Waals surface area contributed by atoms with Crippen LogP contribution < -0.4 is 5.73 Å². The molecule has 0 spiro atoms. The van der Waals surface area contributed by atoms with Crippen LogP contribution in [0, 0.1) is 5.92 Å². The molecule has 2 atom stereocenters. The third kappa shape index (κ3) is 2.46. The first-order chi connectivity index (χ1) is 5.55. The number of rotatable bonds is 3. The van der Waals surface area contributed by atoms with Gasteiger partial charge in [0.05, 0.1) is 5.60 Å². The van der Waals surface area contributed by atoms with Gasteiger partial charge in [-0.1, -0.05) is 6.42 Å². The van der Waals surface area contributed by atoms with E-state index in [9.17, 15) is 0 Å². The van der Waals surface area contributed by atoms with Gasteiger partial charge in [-0.2, -0.15) is 0 Å². The molecule has 0 aromatic carbocycles. The Bertz CT molecular complexity index is 145. The molecule has 0 aliphatic heterocycles. The number of nitrogens with two attached hydrogens (primary N) is 1. The second kappa shape index (κ2) is 3.75. The molecule has 0 radical (unpaired) electrons. The average molecular weight is 171 g/mol. The first-order valence-electron chi connectivity index (χ1n) is 4.86. The highest BCUT2D eigenvalue weighted by Gasteiger charge is 2.30. The normalized spacial score (nSPS) is 31.0. The summed E-state index contributed by atoms with van der Waals surface area (Å²) in [5.74, 6) is 0.681. The van der Waals surface area contributed by atoms with Crippen LogP contribution in [0.3, 0.4) is 0 Å². The van der Waals surface area contributed by atoms with E-state index in [1.165, 1.54) is 19.3 Å². The lowest BCUT2D eigenvalue weighted by Gasteiger charge is -2.28. The molecule has 0 bridgehead atoms. The zero-order valence-electron chi connectivity index (χ0n) is 8.47. The van der Waals surface area contributed by atoms with E-state index in [1.807, 2.05) is 0 Å². The van der Waals surface area contributed by atoms with Gasteiger partial charge in [0, 0.05) is 13.2 Å². The predicted molar refractivity (Wildman–Crippen MR) is 51.0 cm³/mol. The fourth-order valence-corrected chi connectivity index (χ4v) is 2.03. The Morgan fingerprint density at radius 2 is 2.08 bits per heavy atom. The van der Waals surface area contributed by atoms with Crippen LogP contribution in [0.25, 0.3) is 0 Å². The molecule has 1 aliphatic rings. The first kappa shape index (κ1) is 10.0. The van der Waals surface area contributed by atoms with Crippen molar-refractivity contribution in [2.45, 2.75) is 51.2 Å². The molecule has 2 N–H and O–H groups in total. The molecule has 1 rings (SSSR count). The summed E-state index contributed by atoms with van der Waals surface area (Å²) >= 11 is 0. The van der Waals surface area contributed by atoms with Gasteiger partial charge in [-0.05, 0) is 39.0 Å². The fraction of sp³-hybridized carbons (Fsp3) is 1.00. The van der Waals surface area contributed by atoms with E-state index in [2.05, 4.69) is 13.8 Å². The van der Waals surface area contributed by atoms with Gasteiger partial charge >= 0.3 is 0 Å². The minimum atomic E-state index is 0.00657. The maximum absolute atomic E-state index is 5.99. The largest absolute Gasteiger partial charge is 0.379 e. The summed E-state index contributed by atoms with van der Waals surface area (Å²) in [5, 5.41) is 0. The van der Waals surface area contributed by atoms with E-state index in [4.69, 9.17) is 10.5 Å². The quantitative estimate of drug-likeness (QED) is 0.704. The van der Waals surface area contributed by atoms with Crippen LogP contribution in [-0.2, 0) is 4.74 Å². The van der Waals surface area contributed by atoms with Gasteiger partial charge in [0.25, 0.3) is 0 Å². The van der Waals surface area contributed by atoms with Crippen molar-refractivity contribution in [1.29, 1.82) is 0 Å². The topological polar surface area (TPSA) is 35.2 Å². The zero-order valence-corrected chi connectivity index (χ0v) is 8.47. The summed E-state index contributed by atoms with van der Waals surface area (Å²) in [5.41, 5.74) is 5.99. The Hall–Kier alpha value is -0.0800. The minimum Gasteiger partial charge on any atom is -0.379 e. The summed E-state index contributed by atoms with van der Waals surface area (Å²) in [6, 6.07) is 0.416. The molecule has 1 aliphatic carbocycles. The molecule has 0 amide bonds. The molecule has 72 valence electrons. The van der Waals surface area contributed by atoms with Crippen LogP contribution in [0.1, 0.15) is 39.5 Å². The molecule has 2 nitrogen and oxygen atoms in total. The molecule has 0 heterocycles. The molecule has 1 saturated carbocycles. The van der Waals surface area contributed by atoms with E-state index < -0.39 is 0 Å². The van der Waals surface area contributed by atoms with Crippen LogP contribution in [0.4, 0.5) is 0 Å². The molecule has 0 aromatic heterocycles. The van der Waals surface area contributed by atoms with Gasteiger partial charge < -0.3 is 10.5 Å². The molecule has 12 heavy (non-hydrogen) atoms. The van der Waals surface area contributed by atoms with Crippen molar-refractivity contribution in [2.24, 2.45) is 11.7 Å². The average Bonchev–Trinajstić information content (AvgIpc) is 2.36. The van der Waals surface area contributed by atoms with Crippen molar-refractivity contribution >= 4 is 0 Å². The van der Waals surface area contributed by atoms with E-state index >= 15 is 0 Å². The van der Waals surface area contributed by atoms with E-state index in [-0.39, 0.29) is 5.60 Å². The Labute approximate surface area is 75.5 Å². The summed E-state index contributed by atoms with van der Waals surface area (Å²) in [6.07, 6.45) is 4.88. The summed E-state index contributed by atoms with van der Waals surface area (Å²) in [6.45, 7) is 4.27. The molecule has 1 fully saturated rings. The molecule has 0 saturated heterocycles. The van der Waals surface area contributed by atoms with Gasteiger partial charge in [-0.15, -0.1) is 0 Å². The van der Waals surface area contributed by atoms with Crippen molar-refractivity contribution in [3.8, 4) is 0 Å². The van der Waals surface area contributed by atoms with Gasteiger partial charge in [0.2, 0.25) is 0 Å². The van der Waals surface area contributed by atoms with E-state index in [0.29, 0.717) is 12.0 Å². The van der Waals surface area contributed by atoms with Crippen LogP contribution in [-0.4, -0.2) is 18.8 Å². The molecular formula is C10H21NO. The molecule has 0 aromatic rings. The summed E-state index contributed by atoms with van der Waals surface area (Å²) in [4.78, 5) is 0. The van der Waals surface area contributed by atoms with Crippen LogP contribution in [0.15, 0.2) is 0 Å². The maximum atomic E-state index is 5.99. The highest BCUT2D eigenvalue weighted by molar-refractivity contribution is 4.85. The van der Waals surface area contributed by atoms with Gasteiger partial charge in [0.1, 0.15) is 0 Å². The summed E-state index contributed by atoms with van der Waals surface area (Å²) < 4.78 is 5.39. The lowest BCUT2D eigenvalue weighted by molar-refractivity contribution is 0.00104. The number of hydrogen-bond acceptors (Lipinski definition) is 2. The zero-order chi connectivity index (χ0) is 9.19. The second-order valence-electron chi connectivity index (χ2n) is 4.52. The Morgan fingerprint density at radius 3 is 2.50 bits per heavy atom. The van der Waals surface area contributed by atoms with Crippen LogP contribution in [0.2, 0.25) is 0 Å². The Kier molecular flexibility index (Phi) is 3.13. The fourth-order valence-electron chi connectivity index (χ4n) is 2.03. The smallest absolute Gasteiger partial charge is 0.0626 e. The van der Waals surface area contributed by atoms with E-state index in [1.54, 1.807) is 7.11 Å². The van der Waals surface area contributed by atoms with Crippen molar-refractivity contribution < 1.29 is 4.74 Å². The highest BCUT2D eigenvalue weighted by atomic mass is 16.5. The number of methoxy groups -OCH3 is 1. The Morgan fingerprint density at radius 1 is 1.42 bits per heavy atom. The molecule has 2 heteroatoms. The van der Waals surface area contributed by atoms with Crippen molar-refractivity contribution in [3.05, 3.63) is 0 Å². The van der Waals surface area contributed by atoms with Crippen LogP contribution in [0.5, 0.6) is 0 Å². The summed E-state index contributed by atoms with van der Waals surface area (Å²) in [7, 11) is 1.78. The Balaban J connectivity index is 2.39. The van der Waals surface area contributed by atoms with Gasteiger partial charge in [-0.3, -0.25) is 0 Å². The SMILES string of the molecule is COC(C)(C)CC1CCCC1N. The number of hydrogen-bond donors (Lipinski definition) is 1. The van der Waals surface area contributed by atoms with Crippen LogP contribution >= 0.6 is 0 Å². The monoisotopic (exact) mass is 171 g/mol. The van der Waals surface area contributed by atoms with Crippen molar-refractivity contribution in [1.82, 2.24) is 0 Å². The second-order valence-corrected chi connectivity index (χ2v) is 4.52. The van der Waals surface area contributed by atoms with E-state index in [0.717, 1.165) is 6.42 Å².